The lowest BCUT2D eigenvalue weighted by Gasteiger charge is -2.08. The molecule has 0 spiro atoms. The number of sulfonamides is 1. The number of halogens is 1. The number of aromatic nitrogens is 2. The van der Waals surface area contributed by atoms with Crippen molar-refractivity contribution in [2.45, 2.75) is 11.8 Å². The first-order chi connectivity index (χ1) is 9.33. The number of rotatable bonds is 3. The average Bonchev–Trinajstić information content (AvgIpc) is 2.67. The Morgan fingerprint density at radius 3 is 2.65 bits per heavy atom. The van der Waals surface area contributed by atoms with Crippen molar-refractivity contribution in [1.82, 2.24) is 9.78 Å². The highest BCUT2D eigenvalue weighted by Crippen LogP contribution is 2.18. The van der Waals surface area contributed by atoms with Gasteiger partial charge < -0.3 is 0 Å². The molecule has 20 heavy (non-hydrogen) atoms. The number of benzene rings is 1. The smallest absolute Gasteiger partial charge is 0.263 e. The number of anilines is 1. The minimum Gasteiger partial charge on any atom is -0.264 e. The van der Waals surface area contributed by atoms with E-state index in [1.165, 1.54) is 4.68 Å². The summed E-state index contributed by atoms with van der Waals surface area (Å²) in [6.45, 7) is 1.73. The minimum absolute atomic E-state index is 0.186. The van der Waals surface area contributed by atoms with Crippen LogP contribution < -0.4 is 4.72 Å². The van der Waals surface area contributed by atoms with E-state index in [0.717, 1.165) is 18.2 Å². The van der Waals surface area contributed by atoms with E-state index in [2.05, 4.69) is 9.82 Å². The number of nitriles is 1. The van der Waals surface area contributed by atoms with Gasteiger partial charge in [-0.1, -0.05) is 0 Å². The third kappa shape index (κ3) is 2.62. The molecule has 6 nitrogen and oxygen atoms in total. The van der Waals surface area contributed by atoms with Crippen molar-refractivity contribution in [3.8, 4) is 6.07 Å². The Kier molecular flexibility index (Phi) is 3.46. The predicted molar refractivity (Wildman–Crippen MR) is 69.9 cm³/mol. The van der Waals surface area contributed by atoms with Crippen molar-refractivity contribution < 1.29 is 12.8 Å². The van der Waals surface area contributed by atoms with Gasteiger partial charge in [-0.3, -0.25) is 9.40 Å². The molecule has 1 heterocycles. The van der Waals surface area contributed by atoms with Gasteiger partial charge >= 0.3 is 0 Å². The number of hydrogen-bond acceptors (Lipinski definition) is 4. The highest BCUT2D eigenvalue weighted by molar-refractivity contribution is 7.92. The summed E-state index contributed by atoms with van der Waals surface area (Å²) in [4.78, 5) is -0.186. The average molecular weight is 294 g/mol. The zero-order valence-corrected chi connectivity index (χ0v) is 11.6. The van der Waals surface area contributed by atoms with Gasteiger partial charge in [-0.05, 0) is 25.1 Å². The fourth-order valence-electron chi connectivity index (χ4n) is 1.66. The summed E-state index contributed by atoms with van der Waals surface area (Å²) in [5.41, 5.74) is 0.330. The molecule has 0 aliphatic carbocycles. The lowest BCUT2D eigenvalue weighted by molar-refractivity contribution is 0.598. The Morgan fingerprint density at radius 1 is 1.40 bits per heavy atom. The molecule has 0 saturated heterocycles. The summed E-state index contributed by atoms with van der Waals surface area (Å²) in [5, 5.41) is 12.7. The topological polar surface area (TPSA) is 87.8 Å². The second-order valence-corrected chi connectivity index (χ2v) is 5.84. The van der Waals surface area contributed by atoms with E-state index in [1.54, 1.807) is 26.1 Å². The Labute approximate surface area is 115 Å². The Hall–Kier alpha value is -2.40. The molecule has 1 aromatic carbocycles. The third-order valence-electron chi connectivity index (χ3n) is 2.61. The molecule has 8 heteroatoms. The summed E-state index contributed by atoms with van der Waals surface area (Å²) >= 11 is 0. The largest absolute Gasteiger partial charge is 0.264 e. The van der Waals surface area contributed by atoms with E-state index in [-0.39, 0.29) is 16.3 Å². The van der Waals surface area contributed by atoms with Crippen molar-refractivity contribution in [2.24, 2.45) is 7.05 Å². The van der Waals surface area contributed by atoms with Gasteiger partial charge in [-0.15, -0.1) is 0 Å². The molecule has 0 aliphatic rings. The van der Waals surface area contributed by atoms with Crippen LogP contribution in [0.2, 0.25) is 0 Å². The molecule has 1 aromatic heterocycles. The standard InChI is InChI=1S/C12H11FN4O2S/c1-8-5-12(17(2)15-8)16-20(18,19)10-3-4-11(13)9(6-10)7-14/h3-6,16H,1-2H3. The fourth-order valence-corrected chi connectivity index (χ4v) is 2.76. The van der Waals surface area contributed by atoms with Crippen LogP contribution in [0, 0.1) is 24.1 Å². The summed E-state index contributed by atoms with van der Waals surface area (Å²) in [5.74, 6) is -0.479. The molecule has 0 unspecified atom stereocenters. The normalized spacial score (nSPS) is 11.1. The van der Waals surface area contributed by atoms with Crippen LogP contribution in [0.1, 0.15) is 11.3 Å². The molecule has 0 amide bonds. The molecule has 0 bridgehead atoms. The van der Waals surface area contributed by atoms with Crippen molar-refractivity contribution in [1.29, 1.82) is 5.26 Å². The molecule has 0 aliphatic heterocycles. The lowest BCUT2D eigenvalue weighted by atomic mass is 10.2. The monoisotopic (exact) mass is 294 g/mol. The van der Waals surface area contributed by atoms with Gasteiger partial charge in [-0.25, -0.2) is 12.8 Å². The van der Waals surface area contributed by atoms with Crippen molar-refractivity contribution in [3.63, 3.8) is 0 Å². The maximum atomic E-state index is 13.2. The third-order valence-corrected chi connectivity index (χ3v) is 3.96. The van der Waals surface area contributed by atoms with Gasteiger partial charge in [0.15, 0.2) is 0 Å². The van der Waals surface area contributed by atoms with Crippen LogP contribution in [0.3, 0.4) is 0 Å². The van der Waals surface area contributed by atoms with E-state index in [1.807, 2.05) is 0 Å². The van der Waals surface area contributed by atoms with Gasteiger partial charge in [-0.2, -0.15) is 10.4 Å². The van der Waals surface area contributed by atoms with Gasteiger partial charge in [0.1, 0.15) is 17.7 Å². The van der Waals surface area contributed by atoms with Crippen LogP contribution in [0.25, 0.3) is 0 Å². The molecule has 0 radical (unpaired) electrons. The second kappa shape index (κ2) is 4.94. The maximum Gasteiger partial charge on any atom is 0.263 e. The Balaban J connectivity index is 2.41. The van der Waals surface area contributed by atoms with Gasteiger partial charge in [0.05, 0.1) is 16.2 Å². The van der Waals surface area contributed by atoms with E-state index >= 15 is 0 Å². The fraction of sp³-hybridized carbons (Fsp3) is 0.167. The number of hydrogen-bond donors (Lipinski definition) is 1. The zero-order valence-electron chi connectivity index (χ0n) is 10.8. The van der Waals surface area contributed by atoms with Crippen molar-refractivity contribution in [3.05, 3.63) is 41.3 Å². The molecule has 2 aromatic rings. The highest BCUT2D eigenvalue weighted by atomic mass is 32.2. The predicted octanol–water partition coefficient (Wildman–Crippen LogP) is 1.54. The molecule has 104 valence electrons. The van der Waals surface area contributed by atoms with Gasteiger partial charge in [0.2, 0.25) is 0 Å². The number of nitrogens with zero attached hydrogens (tertiary/aromatic N) is 3. The van der Waals surface area contributed by atoms with Crippen LogP contribution >= 0.6 is 0 Å². The van der Waals surface area contributed by atoms with Gasteiger partial charge in [0.25, 0.3) is 10.0 Å². The molecule has 2 rings (SSSR count). The zero-order chi connectivity index (χ0) is 14.9. The quantitative estimate of drug-likeness (QED) is 0.930. The van der Waals surface area contributed by atoms with Crippen LogP contribution in [-0.4, -0.2) is 18.2 Å². The van der Waals surface area contributed by atoms with Crippen LogP contribution in [0.5, 0.6) is 0 Å². The molecule has 1 N–H and O–H groups in total. The summed E-state index contributed by atoms with van der Waals surface area (Å²) in [6.07, 6.45) is 0. The first-order valence-electron chi connectivity index (χ1n) is 5.56. The Bertz CT molecular complexity index is 805. The minimum atomic E-state index is -3.90. The first kappa shape index (κ1) is 14.0. The molecule has 0 saturated carbocycles. The highest BCUT2D eigenvalue weighted by Gasteiger charge is 2.18. The number of nitrogens with one attached hydrogen (secondary N) is 1. The van der Waals surface area contributed by atoms with E-state index in [4.69, 9.17) is 5.26 Å². The molecule has 0 fully saturated rings. The lowest BCUT2D eigenvalue weighted by Crippen LogP contribution is -2.15. The second-order valence-electron chi connectivity index (χ2n) is 4.15. The van der Waals surface area contributed by atoms with Gasteiger partial charge in [0, 0.05) is 13.1 Å². The van der Waals surface area contributed by atoms with Crippen molar-refractivity contribution >= 4 is 15.8 Å². The van der Waals surface area contributed by atoms with E-state index in [9.17, 15) is 12.8 Å². The SMILES string of the molecule is Cc1cc(NS(=O)(=O)c2ccc(F)c(C#N)c2)n(C)n1. The summed E-state index contributed by atoms with van der Waals surface area (Å²) in [6, 6.07) is 6.20. The first-order valence-corrected chi connectivity index (χ1v) is 7.05. The van der Waals surface area contributed by atoms with E-state index in [0.29, 0.717) is 5.69 Å². The summed E-state index contributed by atoms with van der Waals surface area (Å²) < 4.78 is 41.2. The number of aryl methyl sites for hydroxylation is 2. The van der Waals surface area contributed by atoms with Crippen LogP contribution in [0.4, 0.5) is 10.2 Å². The molecule has 0 atom stereocenters. The summed E-state index contributed by atoms with van der Waals surface area (Å²) in [7, 11) is -2.31. The Morgan fingerprint density at radius 2 is 2.10 bits per heavy atom. The molecular formula is C12H11FN4O2S. The van der Waals surface area contributed by atoms with E-state index < -0.39 is 15.8 Å². The van der Waals surface area contributed by atoms with Crippen LogP contribution in [-0.2, 0) is 17.1 Å². The maximum absolute atomic E-state index is 13.2. The van der Waals surface area contributed by atoms with Crippen molar-refractivity contribution in [2.75, 3.05) is 4.72 Å². The molecular weight excluding hydrogens is 283 g/mol. The van der Waals surface area contributed by atoms with Crippen LogP contribution in [0.15, 0.2) is 29.2 Å².